The third-order valence-corrected chi connectivity index (χ3v) is 3.73. The van der Waals surface area contributed by atoms with Crippen LogP contribution >= 0.6 is 11.3 Å². The molecule has 1 atom stereocenters. The molecule has 0 saturated heterocycles. The van der Waals surface area contributed by atoms with Crippen LogP contribution < -0.4 is 0 Å². The maximum atomic E-state index is 10.4. The summed E-state index contributed by atoms with van der Waals surface area (Å²) in [5.74, 6) is 0. The molecule has 0 aromatic carbocycles. The van der Waals surface area contributed by atoms with Crippen molar-refractivity contribution in [2.45, 2.75) is 38.7 Å². The zero-order valence-electron chi connectivity index (χ0n) is 8.21. The maximum absolute atomic E-state index is 10.4. The van der Waals surface area contributed by atoms with E-state index in [0.717, 1.165) is 24.8 Å². The van der Waals surface area contributed by atoms with Crippen LogP contribution in [-0.4, -0.2) is 5.11 Å². The molecule has 1 saturated carbocycles. The Kier molecular flexibility index (Phi) is 2.00. The first kappa shape index (κ1) is 9.22. The molecule has 2 heteroatoms. The summed E-state index contributed by atoms with van der Waals surface area (Å²) in [6.45, 7) is 4.47. The summed E-state index contributed by atoms with van der Waals surface area (Å²) in [4.78, 5) is 0. The van der Waals surface area contributed by atoms with E-state index in [1.165, 1.54) is 0 Å². The Morgan fingerprint density at radius 1 is 1.38 bits per heavy atom. The van der Waals surface area contributed by atoms with Crippen molar-refractivity contribution in [1.82, 2.24) is 0 Å². The Balaban J connectivity index is 2.25. The van der Waals surface area contributed by atoms with Gasteiger partial charge in [-0.05, 0) is 47.1 Å². The van der Waals surface area contributed by atoms with Crippen molar-refractivity contribution < 1.29 is 5.11 Å². The molecule has 1 heterocycles. The van der Waals surface area contributed by atoms with Crippen LogP contribution in [0, 0.1) is 5.41 Å². The minimum Gasteiger partial charge on any atom is -0.385 e. The lowest BCUT2D eigenvalue weighted by molar-refractivity contribution is 0.0343. The summed E-state index contributed by atoms with van der Waals surface area (Å²) in [7, 11) is 0. The highest BCUT2D eigenvalue weighted by Gasteiger charge is 2.42. The van der Waals surface area contributed by atoms with Crippen LogP contribution in [0.4, 0.5) is 0 Å². The molecule has 0 radical (unpaired) electrons. The summed E-state index contributed by atoms with van der Waals surface area (Å²) < 4.78 is 0. The topological polar surface area (TPSA) is 20.2 Å². The molecule has 0 aliphatic heterocycles. The van der Waals surface area contributed by atoms with Crippen molar-refractivity contribution in [2.75, 3.05) is 0 Å². The van der Waals surface area contributed by atoms with Gasteiger partial charge in [-0.3, -0.25) is 0 Å². The lowest BCUT2D eigenvalue weighted by Crippen LogP contribution is -2.22. The van der Waals surface area contributed by atoms with Gasteiger partial charge >= 0.3 is 0 Å². The Morgan fingerprint density at radius 2 is 2.15 bits per heavy atom. The van der Waals surface area contributed by atoms with Crippen LogP contribution in [0.25, 0.3) is 0 Å². The van der Waals surface area contributed by atoms with Crippen molar-refractivity contribution in [1.29, 1.82) is 0 Å². The fourth-order valence-corrected chi connectivity index (χ4v) is 3.04. The standard InChI is InChI=1S/C11H16OS/c1-10(2)4-5-11(12,8-10)9-3-6-13-7-9/h3,6-7,12H,4-5,8H2,1-2H3. The van der Waals surface area contributed by atoms with E-state index in [9.17, 15) is 5.11 Å². The van der Waals surface area contributed by atoms with Gasteiger partial charge in [0, 0.05) is 0 Å². The Labute approximate surface area is 83.4 Å². The minimum absolute atomic E-state index is 0.302. The highest BCUT2D eigenvalue weighted by atomic mass is 32.1. The molecule has 0 spiro atoms. The molecule has 1 aliphatic carbocycles. The van der Waals surface area contributed by atoms with E-state index in [2.05, 4.69) is 19.2 Å². The van der Waals surface area contributed by atoms with Gasteiger partial charge in [0.1, 0.15) is 0 Å². The van der Waals surface area contributed by atoms with Crippen molar-refractivity contribution in [3.8, 4) is 0 Å². The van der Waals surface area contributed by atoms with E-state index in [-0.39, 0.29) is 0 Å². The molecular weight excluding hydrogens is 180 g/mol. The number of aliphatic hydroxyl groups is 1. The van der Waals surface area contributed by atoms with E-state index in [0.29, 0.717) is 5.41 Å². The second-order valence-corrected chi connectivity index (χ2v) is 5.66. The number of hydrogen-bond donors (Lipinski definition) is 1. The normalized spacial score (nSPS) is 32.2. The maximum Gasteiger partial charge on any atom is 0.0909 e. The second-order valence-electron chi connectivity index (χ2n) is 4.88. The molecule has 1 fully saturated rings. The molecule has 72 valence electrons. The highest BCUT2D eigenvalue weighted by molar-refractivity contribution is 7.08. The molecule has 1 unspecified atom stereocenters. The van der Waals surface area contributed by atoms with Crippen molar-refractivity contribution in [3.63, 3.8) is 0 Å². The molecule has 1 aliphatic rings. The Morgan fingerprint density at radius 3 is 2.62 bits per heavy atom. The van der Waals surface area contributed by atoms with E-state index in [1.54, 1.807) is 11.3 Å². The van der Waals surface area contributed by atoms with E-state index >= 15 is 0 Å². The number of rotatable bonds is 1. The molecule has 1 aromatic rings. The first-order chi connectivity index (χ1) is 6.02. The van der Waals surface area contributed by atoms with Gasteiger partial charge < -0.3 is 5.11 Å². The third kappa shape index (κ3) is 1.65. The van der Waals surface area contributed by atoms with Crippen LogP contribution in [0.5, 0.6) is 0 Å². The lowest BCUT2D eigenvalue weighted by atomic mass is 9.87. The van der Waals surface area contributed by atoms with Crippen LogP contribution in [-0.2, 0) is 5.60 Å². The number of hydrogen-bond acceptors (Lipinski definition) is 2. The second kappa shape index (κ2) is 2.82. The van der Waals surface area contributed by atoms with Gasteiger partial charge in [0.2, 0.25) is 0 Å². The van der Waals surface area contributed by atoms with E-state index in [4.69, 9.17) is 0 Å². The van der Waals surface area contributed by atoms with Gasteiger partial charge in [0.15, 0.2) is 0 Å². The highest BCUT2D eigenvalue weighted by Crippen LogP contribution is 2.49. The van der Waals surface area contributed by atoms with Gasteiger partial charge in [0.05, 0.1) is 5.60 Å². The molecule has 1 N–H and O–H groups in total. The smallest absolute Gasteiger partial charge is 0.0909 e. The molecule has 1 aromatic heterocycles. The van der Waals surface area contributed by atoms with Crippen LogP contribution in [0.1, 0.15) is 38.7 Å². The average molecular weight is 196 g/mol. The molecule has 0 amide bonds. The SMILES string of the molecule is CC1(C)CCC(O)(c2ccsc2)C1. The number of thiophene rings is 1. The van der Waals surface area contributed by atoms with E-state index in [1.807, 2.05) is 11.4 Å². The Hall–Kier alpha value is -0.340. The fraction of sp³-hybridized carbons (Fsp3) is 0.636. The lowest BCUT2D eigenvalue weighted by Gasteiger charge is -2.24. The Bertz CT molecular complexity index is 289. The predicted octanol–water partition coefficient (Wildman–Crippen LogP) is 3.15. The van der Waals surface area contributed by atoms with Gasteiger partial charge in [0.25, 0.3) is 0 Å². The van der Waals surface area contributed by atoms with Gasteiger partial charge in [-0.2, -0.15) is 11.3 Å². The first-order valence-corrected chi connectivity index (χ1v) is 5.71. The fourth-order valence-electron chi connectivity index (χ4n) is 2.29. The third-order valence-electron chi connectivity index (χ3n) is 3.04. The summed E-state index contributed by atoms with van der Waals surface area (Å²) in [5, 5.41) is 14.5. The molecule has 13 heavy (non-hydrogen) atoms. The summed E-state index contributed by atoms with van der Waals surface area (Å²) in [5.41, 5.74) is 0.878. The predicted molar refractivity (Wildman–Crippen MR) is 55.8 cm³/mol. The van der Waals surface area contributed by atoms with Crippen molar-refractivity contribution in [3.05, 3.63) is 22.4 Å². The summed E-state index contributed by atoms with van der Waals surface area (Å²) in [6.07, 6.45) is 2.94. The molecule has 2 rings (SSSR count). The van der Waals surface area contributed by atoms with Gasteiger partial charge in [-0.15, -0.1) is 0 Å². The van der Waals surface area contributed by atoms with Crippen LogP contribution in [0.15, 0.2) is 16.8 Å². The monoisotopic (exact) mass is 196 g/mol. The average Bonchev–Trinajstić information content (AvgIpc) is 2.58. The minimum atomic E-state index is -0.538. The summed E-state index contributed by atoms with van der Waals surface area (Å²) in [6, 6.07) is 2.05. The van der Waals surface area contributed by atoms with Gasteiger partial charge in [-0.25, -0.2) is 0 Å². The largest absolute Gasteiger partial charge is 0.385 e. The summed E-state index contributed by atoms with van der Waals surface area (Å²) >= 11 is 1.67. The van der Waals surface area contributed by atoms with Crippen LogP contribution in [0.3, 0.4) is 0 Å². The van der Waals surface area contributed by atoms with Crippen LogP contribution in [0.2, 0.25) is 0 Å². The van der Waals surface area contributed by atoms with Crippen molar-refractivity contribution in [2.24, 2.45) is 5.41 Å². The molecular formula is C11H16OS. The zero-order chi connectivity index (χ0) is 9.53. The zero-order valence-corrected chi connectivity index (χ0v) is 9.03. The molecule has 1 nitrogen and oxygen atoms in total. The van der Waals surface area contributed by atoms with E-state index < -0.39 is 5.60 Å². The van der Waals surface area contributed by atoms with Gasteiger partial charge in [-0.1, -0.05) is 13.8 Å². The quantitative estimate of drug-likeness (QED) is 0.731. The first-order valence-electron chi connectivity index (χ1n) is 4.77. The molecule has 0 bridgehead atoms. The van der Waals surface area contributed by atoms with Crippen molar-refractivity contribution >= 4 is 11.3 Å².